The Morgan fingerprint density at radius 3 is 2.41 bits per heavy atom. The van der Waals surface area contributed by atoms with E-state index in [-0.39, 0.29) is 0 Å². The van der Waals surface area contributed by atoms with Crippen LogP contribution in [0.25, 0.3) is 0 Å². The van der Waals surface area contributed by atoms with Gasteiger partial charge in [0.15, 0.2) is 11.5 Å². The molecule has 6 rings (SSSR count). The SMILES string of the molecule is COc1cccc(CNC(C)C23CC4CC(CC(C4)C2)C3)c1OCc1cccs1. The second-order valence-corrected chi connectivity index (χ2v) is 10.7. The lowest BCUT2D eigenvalue weighted by molar-refractivity contribution is -0.0706. The fourth-order valence-electron chi connectivity index (χ4n) is 6.75. The Morgan fingerprint density at radius 2 is 1.79 bits per heavy atom. The molecular weight excluding hydrogens is 378 g/mol. The van der Waals surface area contributed by atoms with Crippen molar-refractivity contribution in [2.75, 3.05) is 7.11 Å². The summed E-state index contributed by atoms with van der Waals surface area (Å²) in [5.41, 5.74) is 1.71. The lowest BCUT2D eigenvalue weighted by atomic mass is 9.48. The van der Waals surface area contributed by atoms with Crippen LogP contribution in [0.3, 0.4) is 0 Å². The molecule has 0 spiro atoms. The molecule has 1 unspecified atom stereocenters. The molecule has 1 aromatic carbocycles. The van der Waals surface area contributed by atoms with Crippen molar-refractivity contribution in [2.45, 2.75) is 64.6 Å². The number of methoxy groups -OCH3 is 1. The molecule has 4 aliphatic rings. The van der Waals surface area contributed by atoms with Crippen LogP contribution in [0.4, 0.5) is 0 Å². The fourth-order valence-corrected chi connectivity index (χ4v) is 7.37. The van der Waals surface area contributed by atoms with Crippen molar-refractivity contribution in [1.29, 1.82) is 0 Å². The Bertz CT molecular complexity index is 796. The van der Waals surface area contributed by atoms with Gasteiger partial charge in [-0.1, -0.05) is 18.2 Å². The molecule has 156 valence electrons. The quantitative estimate of drug-likeness (QED) is 0.575. The second-order valence-electron chi connectivity index (χ2n) is 9.70. The van der Waals surface area contributed by atoms with Gasteiger partial charge in [0, 0.05) is 23.0 Å². The first-order chi connectivity index (χ1) is 14.1. The van der Waals surface area contributed by atoms with Gasteiger partial charge in [0.05, 0.1) is 7.11 Å². The molecule has 1 atom stereocenters. The van der Waals surface area contributed by atoms with Gasteiger partial charge in [-0.15, -0.1) is 11.3 Å². The zero-order valence-electron chi connectivity index (χ0n) is 17.7. The second kappa shape index (κ2) is 7.96. The third kappa shape index (κ3) is 3.82. The zero-order valence-corrected chi connectivity index (χ0v) is 18.5. The summed E-state index contributed by atoms with van der Waals surface area (Å²) in [4.78, 5) is 1.23. The molecule has 4 aliphatic carbocycles. The summed E-state index contributed by atoms with van der Waals surface area (Å²) in [6.07, 6.45) is 8.82. The highest BCUT2D eigenvalue weighted by Crippen LogP contribution is 2.61. The van der Waals surface area contributed by atoms with Crippen LogP contribution in [0.15, 0.2) is 35.7 Å². The van der Waals surface area contributed by atoms with Crippen LogP contribution in [0.2, 0.25) is 0 Å². The number of para-hydroxylation sites is 1. The third-order valence-electron chi connectivity index (χ3n) is 7.82. The van der Waals surface area contributed by atoms with Crippen molar-refractivity contribution >= 4 is 11.3 Å². The Labute approximate surface area is 178 Å². The molecule has 0 amide bonds. The first-order valence-electron chi connectivity index (χ1n) is 11.2. The van der Waals surface area contributed by atoms with Crippen LogP contribution in [0, 0.1) is 23.2 Å². The van der Waals surface area contributed by atoms with Gasteiger partial charge in [0.2, 0.25) is 0 Å². The average molecular weight is 412 g/mol. The normalized spacial score (nSPS) is 31.0. The zero-order chi connectivity index (χ0) is 19.8. The maximum Gasteiger partial charge on any atom is 0.166 e. The lowest BCUT2D eigenvalue weighted by Gasteiger charge is -2.59. The van der Waals surface area contributed by atoms with Crippen molar-refractivity contribution in [2.24, 2.45) is 23.2 Å². The van der Waals surface area contributed by atoms with Gasteiger partial charge >= 0.3 is 0 Å². The van der Waals surface area contributed by atoms with E-state index < -0.39 is 0 Å². The standard InChI is InChI=1S/C25H33NO2S/c1-17(25-12-18-9-19(13-25)11-20(10-18)14-25)26-15-21-5-3-7-23(27-2)24(21)28-16-22-6-4-8-29-22/h3-8,17-20,26H,9-16H2,1-2H3. The summed E-state index contributed by atoms with van der Waals surface area (Å²) in [5, 5.41) is 6.00. The molecule has 1 heterocycles. The van der Waals surface area contributed by atoms with Crippen LogP contribution in [-0.4, -0.2) is 13.2 Å². The molecule has 4 fully saturated rings. The lowest BCUT2D eigenvalue weighted by Crippen LogP contribution is -2.54. The van der Waals surface area contributed by atoms with E-state index in [4.69, 9.17) is 9.47 Å². The number of nitrogens with one attached hydrogen (secondary N) is 1. The van der Waals surface area contributed by atoms with E-state index in [1.807, 2.05) is 6.07 Å². The van der Waals surface area contributed by atoms with E-state index in [2.05, 4.69) is 41.9 Å². The van der Waals surface area contributed by atoms with Crippen molar-refractivity contribution in [1.82, 2.24) is 5.32 Å². The van der Waals surface area contributed by atoms with Gasteiger partial charge in [-0.2, -0.15) is 0 Å². The van der Waals surface area contributed by atoms with E-state index in [1.165, 1.54) is 49.0 Å². The minimum Gasteiger partial charge on any atom is -0.493 e. The summed E-state index contributed by atoms with van der Waals surface area (Å²) < 4.78 is 11.8. The maximum atomic E-state index is 6.23. The fraction of sp³-hybridized carbons (Fsp3) is 0.600. The minimum atomic E-state index is 0.519. The van der Waals surface area contributed by atoms with Crippen LogP contribution in [-0.2, 0) is 13.2 Å². The first-order valence-corrected chi connectivity index (χ1v) is 12.1. The molecule has 1 N–H and O–H groups in total. The number of thiophene rings is 1. The number of ether oxygens (including phenoxy) is 2. The van der Waals surface area contributed by atoms with Gasteiger partial charge in [-0.3, -0.25) is 0 Å². The van der Waals surface area contributed by atoms with Gasteiger partial charge in [0.25, 0.3) is 0 Å². The topological polar surface area (TPSA) is 30.5 Å². The first kappa shape index (κ1) is 19.4. The van der Waals surface area contributed by atoms with Crippen LogP contribution in [0.5, 0.6) is 11.5 Å². The summed E-state index contributed by atoms with van der Waals surface area (Å²) >= 11 is 1.73. The minimum absolute atomic E-state index is 0.519. The van der Waals surface area contributed by atoms with Crippen molar-refractivity contribution in [3.05, 3.63) is 46.2 Å². The number of rotatable bonds is 8. The maximum absolute atomic E-state index is 6.23. The van der Waals surface area contributed by atoms with Gasteiger partial charge in [0.1, 0.15) is 6.61 Å². The largest absolute Gasteiger partial charge is 0.493 e. The highest BCUT2D eigenvalue weighted by atomic mass is 32.1. The number of hydrogen-bond donors (Lipinski definition) is 1. The molecular formula is C25H33NO2S. The van der Waals surface area contributed by atoms with Gasteiger partial charge in [-0.05, 0) is 86.1 Å². The summed E-state index contributed by atoms with van der Waals surface area (Å²) in [6, 6.07) is 11.0. The summed E-state index contributed by atoms with van der Waals surface area (Å²) in [7, 11) is 1.72. The smallest absolute Gasteiger partial charge is 0.166 e. The van der Waals surface area contributed by atoms with E-state index in [1.54, 1.807) is 18.4 Å². The Morgan fingerprint density at radius 1 is 1.07 bits per heavy atom. The molecule has 0 saturated heterocycles. The summed E-state index contributed by atoms with van der Waals surface area (Å²) in [6.45, 7) is 3.86. The number of benzene rings is 1. The molecule has 1 aromatic heterocycles. The van der Waals surface area contributed by atoms with E-state index in [0.717, 1.165) is 35.8 Å². The van der Waals surface area contributed by atoms with Crippen molar-refractivity contribution in [3.8, 4) is 11.5 Å². The van der Waals surface area contributed by atoms with E-state index in [9.17, 15) is 0 Å². The highest BCUT2D eigenvalue weighted by molar-refractivity contribution is 7.09. The molecule has 4 saturated carbocycles. The van der Waals surface area contributed by atoms with Gasteiger partial charge in [-0.25, -0.2) is 0 Å². The molecule has 2 aromatic rings. The predicted octanol–water partition coefficient (Wildman–Crippen LogP) is 6.03. The predicted molar refractivity (Wildman–Crippen MR) is 119 cm³/mol. The highest BCUT2D eigenvalue weighted by Gasteiger charge is 2.52. The summed E-state index contributed by atoms with van der Waals surface area (Å²) in [5.74, 6) is 4.68. The molecule has 4 bridgehead atoms. The molecule has 3 nitrogen and oxygen atoms in total. The Balaban J connectivity index is 1.29. The Hall–Kier alpha value is -1.52. The van der Waals surface area contributed by atoms with Crippen LogP contribution < -0.4 is 14.8 Å². The molecule has 4 heteroatoms. The molecule has 29 heavy (non-hydrogen) atoms. The monoisotopic (exact) mass is 411 g/mol. The third-order valence-corrected chi connectivity index (χ3v) is 8.67. The number of hydrogen-bond acceptors (Lipinski definition) is 4. The van der Waals surface area contributed by atoms with E-state index >= 15 is 0 Å². The van der Waals surface area contributed by atoms with Crippen LogP contribution in [0.1, 0.15) is 55.9 Å². The Kier molecular flexibility index (Phi) is 5.34. The van der Waals surface area contributed by atoms with E-state index in [0.29, 0.717) is 18.1 Å². The van der Waals surface area contributed by atoms with Crippen LogP contribution >= 0.6 is 11.3 Å². The van der Waals surface area contributed by atoms with Crippen molar-refractivity contribution in [3.63, 3.8) is 0 Å². The molecule has 0 aliphatic heterocycles. The van der Waals surface area contributed by atoms with Crippen molar-refractivity contribution < 1.29 is 9.47 Å². The van der Waals surface area contributed by atoms with Gasteiger partial charge < -0.3 is 14.8 Å². The average Bonchev–Trinajstić information content (AvgIpc) is 3.23. The molecule has 0 radical (unpaired) electrons.